The van der Waals surface area contributed by atoms with Crippen molar-refractivity contribution >= 4 is 22.6 Å². The molecule has 2 aromatic carbocycles. The summed E-state index contributed by atoms with van der Waals surface area (Å²) in [7, 11) is 0. The molecule has 4 aromatic rings. The van der Waals surface area contributed by atoms with E-state index < -0.39 is 0 Å². The molecule has 0 unspecified atom stereocenters. The SMILES string of the molecule is Cc1ccc2oc(-c3noc([C@@H]4CC(=O)N(c5ccc(C)c(C)c5)C4)n3)c(C)c2c1. The summed E-state index contributed by atoms with van der Waals surface area (Å²) in [6, 6.07) is 12.1. The lowest BCUT2D eigenvalue weighted by Gasteiger charge is -2.17. The molecule has 1 aliphatic rings. The third-order valence-electron chi connectivity index (χ3n) is 6.01. The van der Waals surface area contributed by atoms with Gasteiger partial charge in [-0.2, -0.15) is 4.98 Å². The molecular weight excluding hydrogens is 378 g/mol. The van der Waals surface area contributed by atoms with Crippen LogP contribution in [0.25, 0.3) is 22.6 Å². The average Bonchev–Trinajstić information content (AvgIpc) is 3.42. The molecule has 0 N–H and O–H groups in total. The molecule has 5 rings (SSSR count). The summed E-state index contributed by atoms with van der Waals surface area (Å²) in [6.07, 6.45) is 0.354. The first-order valence-electron chi connectivity index (χ1n) is 10.1. The minimum Gasteiger partial charge on any atom is -0.452 e. The van der Waals surface area contributed by atoms with Crippen molar-refractivity contribution in [1.29, 1.82) is 0 Å². The Morgan fingerprint density at radius 3 is 2.67 bits per heavy atom. The normalized spacial score (nSPS) is 16.7. The van der Waals surface area contributed by atoms with Crippen LogP contribution in [-0.2, 0) is 4.79 Å². The molecule has 30 heavy (non-hydrogen) atoms. The van der Waals surface area contributed by atoms with Gasteiger partial charge in [0.2, 0.25) is 17.6 Å². The topological polar surface area (TPSA) is 72.4 Å². The number of fused-ring (bicyclic) bond motifs is 1. The zero-order valence-electron chi connectivity index (χ0n) is 17.5. The van der Waals surface area contributed by atoms with Crippen molar-refractivity contribution in [3.05, 3.63) is 64.5 Å². The summed E-state index contributed by atoms with van der Waals surface area (Å²) in [5.41, 5.74) is 6.24. The predicted molar refractivity (Wildman–Crippen MR) is 115 cm³/mol. The highest BCUT2D eigenvalue weighted by Crippen LogP contribution is 2.35. The van der Waals surface area contributed by atoms with E-state index in [1.54, 1.807) is 4.90 Å². The molecule has 2 aromatic heterocycles. The number of hydrogen-bond donors (Lipinski definition) is 0. The fourth-order valence-electron chi connectivity index (χ4n) is 4.06. The van der Waals surface area contributed by atoms with Gasteiger partial charge in [-0.25, -0.2) is 0 Å². The van der Waals surface area contributed by atoms with E-state index in [1.165, 1.54) is 16.7 Å². The van der Waals surface area contributed by atoms with Crippen molar-refractivity contribution < 1.29 is 13.7 Å². The maximum absolute atomic E-state index is 12.7. The average molecular weight is 401 g/mol. The number of carbonyl (C=O) groups excluding carboxylic acids is 1. The van der Waals surface area contributed by atoms with Gasteiger partial charge in [0.05, 0.1) is 5.92 Å². The van der Waals surface area contributed by atoms with Gasteiger partial charge in [0, 0.05) is 29.6 Å². The second-order valence-electron chi connectivity index (χ2n) is 8.19. The van der Waals surface area contributed by atoms with Crippen LogP contribution in [0.1, 0.15) is 40.5 Å². The summed E-state index contributed by atoms with van der Waals surface area (Å²) in [5, 5.41) is 5.20. The standard InChI is InChI=1S/C24H23N3O3/c1-13-5-8-20-19(9-13)16(4)22(29-20)23-25-24(30-26-23)17-11-21(28)27(12-17)18-7-6-14(2)15(3)10-18/h5-10,17H,11-12H2,1-4H3/t17-/m1/s1. The Morgan fingerprint density at radius 2 is 1.87 bits per heavy atom. The molecule has 6 heteroatoms. The molecule has 1 amide bonds. The quantitative estimate of drug-likeness (QED) is 0.470. The monoisotopic (exact) mass is 401 g/mol. The summed E-state index contributed by atoms with van der Waals surface area (Å²) in [5.74, 6) is 1.45. The number of anilines is 1. The number of aromatic nitrogens is 2. The maximum atomic E-state index is 12.7. The van der Waals surface area contributed by atoms with Crippen LogP contribution in [0.4, 0.5) is 5.69 Å². The number of benzene rings is 2. The fraction of sp³-hybridized carbons (Fsp3) is 0.292. The lowest BCUT2D eigenvalue weighted by atomic mass is 10.1. The van der Waals surface area contributed by atoms with E-state index in [-0.39, 0.29) is 11.8 Å². The van der Waals surface area contributed by atoms with Crippen LogP contribution >= 0.6 is 0 Å². The van der Waals surface area contributed by atoms with Gasteiger partial charge >= 0.3 is 0 Å². The molecule has 0 bridgehead atoms. The smallest absolute Gasteiger partial charge is 0.238 e. The van der Waals surface area contributed by atoms with E-state index in [1.807, 2.05) is 31.2 Å². The van der Waals surface area contributed by atoms with Crippen LogP contribution in [-0.4, -0.2) is 22.6 Å². The second kappa shape index (κ2) is 6.83. The molecule has 0 radical (unpaired) electrons. The van der Waals surface area contributed by atoms with Crippen molar-refractivity contribution in [3.63, 3.8) is 0 Å². The summed E-state index contributed by atoms with van der Waals surface area (Å²) >= 11 is 0. The fourth-order valence-corrected chi connectivity index (χ4v) is 4.06. The van der Waals surface area contributed by atoms with Crippen molar-refractivity contribution in [1.82, 2.24) is 10.1 Å². The predicted octanol–water partition coefficient (Wildman–Crippen LogP) is 5.24. The lowest BCUT2D eigenvalue weighted by molar-refractivity contribution is -0.117. The largest absolute Gasteiger partial charge is 0.452 e. The van der Waals surface area contributed by atoms with E-state index in [4.69, 9.17) is 8.94 Å². The van der Waals surface area contributed by atoms with E-state index >= 15 is 0 Å². The highest BCUT2D eigenvalue weighted by Gasteiger charge is 2.35. The Kier molecular flexibility index (Phi) is 4.24. The number of rotatable bonds is 3. The molecule has 1 aliphatic heterocycles. The van der Waals surface area contributed by atoms with Crippen LogP contribution < -0.4 is 4.90 Å². The Balaban J connectivity index is 1.43. The molecule has 0 aliphatic carbocycles. The molecule has 0 spiro atoms. The number of amides is 1. The molecular formula is C24H23N3O3. The van der Waals surface area contributed by atoms with Crippen molar-refractivity contribution in [2.75, 3.05) is 11.4 Å². The molecule has 1 saturated heterocycles. The number of furan rings is 1. The second-order valence-corrected chi connectivity index (χ2v) is 8.19. The van der Waals surface area contributed by atoms with Crippen LogP contribution in [0, 0.1) is 27.7 Å². The van der Waals surface area contributed by atoms with Gasteiger partial charge in [-0.3, -0.25) is 4.79 Å². The zero-order valence-corrected chi connectivity index (χ0v) is 17.5. The minimum absolute atomic E-state index is 0.0680. The summed E-state index contributed by atoms with van der Waals surface area (Å²) in [6.45, 7) is 8.70. The van der Waals surface area contributed by atoms with Gasteiger partial charge in [-0.05, 0) is 63.1 Å². The van der Waals surface area contributed by atoms with Gasteiger partial charge in [0.1, 0.15) is 5.58 Å². The lowest BCUT2D eigenvalue weighted by Crippen LogP contribution is -2.24. The Labute approximate surface area is 174 Å². The van der Waals surface area contributed by atoms with E-state index in [9.17, 15) is 4.79 Å². The van der Waals surface area contributed by atoms with E-state index in [2.05, 4.69) is 43.0 Å². The molecule has 152 valence electrons. The first kappa shape index (κ1) is 18.6. The van der Waals surface area contributed by atoms with Crippen LogP contribution in [0.15, 0.2) is 45.3 Å². The zero-order chi connectivity index (χ0) is 21.0. The molecule has 1 atom stereocenters. The molecule has 1 fully saturated rings. The van der Waals surface area contributed by atoms with Gasteiger partial charge in [-0.1, -0.05) is 22.9 Å². The number of hydrogen-bond acceptors (Lipinski definition) is 5. The maximum Gasteiger partial charge on any atom is 0.238 e. The summed E-state index contributed by atoms with van der Waals surface area (Å²) < 4.78 is 11.5. The number of nitrogens with zero attached hydrogens (tertiary/aromatic N) is 3. The first-order valence-corrected chi connectivity index (χ1v) is 10.1. The molecule has 0 saturated carbocycles. The van der Waals surface area contributed by atoms with E-state index in [0.717, 1.165) is 22.2 Å². The Hall–Kier alpha value is -3.41. The highest BCUT2D eigenvalue weighted by atomic mass is 16.5. The highest BCUT2D eigenvalue weighted by molar-refractivity contribution is 5.96. The van der Waals surface area contributed by atoms with Gasteiger partial charge < -0.3 is 13.8 Å². The third kappa shape index (κ3) is 3.00. The van der Waals surface area contributed by atoms with Crippen molar-refractivity contribution in [3.8, 4) is 11.6 Å². The van der Waals surface area contributed by atoms with Crippen LogP contribution in [0.2, 0.25) is 0 Å². The Morgan fingerprint density at radius 1 is 1.03 bits per heavy atom. The summed E-state index contributed by atoms with van der Waals surface area (Å²) in [4.78, 5) is 19.0. The van der Waals surface area contributed by atoms with Gasteiger partial charge in [0.25, 0.3) is 0 Å². The van der Waals surface area contributed by atoms with Crippen molar-refractivity contribution in [2.24, 2.45) is 0 Å². The Bertz CT molecular complexity index is 1280. The van der Waals surface area contributed by atoms with Crippen LogP contribution in [0.3, 0.4) is 0 Å². The molecule has 3 heterocycles. The van der Waals surface area contributed by atoms with Crippen molar-refractivity contribution in [2.45, 2.75) is 40.0 Å². The van der Waals surface area contributed by atoms with Gasteiger partial charge in [-0.15, -0.1) is 0 Å². The first-order chi connectivity index (χ1) is 14.4. The number of carbonyl (C=O) groups is 1. The number of aryl methyl sites for hydroxylation is 4. The van der Waals surface area contributed by atoms with Crippen LogP contribution in [0.5, 0.6) is 0 Å². The van der Waals surface area contributed by atoms with E-state index in [0.29, 0.717) is 30.4 Å². The van der Waals surface area contributed by atoms with Gasteiger partial charge in [0.15, 0.2) is 5.76 Å². The minimum atomic E-state index is -0.132. The third-order valence-corrected chi connectivity index (χ3v) is 6.01. The molecule has 6 nitrogen and oxygen atoms in total.